The summed E-state index contributed by atoms with van der Waals surface area (Å²) in [5.41, 5.74) is 1.43. The lowest BCUT2D eigenvalue weighted by Gasteiger charge is -2.04. The molecule has 0 heterocycles. The van der Waals surface area contributed by atoms with Gasteiger partial charge in [-0.1, -0.05) is 42.0 Å². The molecule has 1 N–H and O–H groups in total. The van der Waals surface area contributed by atoms with E-state index < -0.39 is 21.6 Å². The second-order valence-corrected chi connectivity index (χ2v) is 5.99. The van der Waals surface area contributed by atoms with Crippen molar-refractivity contribution in [3.63, 3.8) is 0 Å². The van der Waals surface area contributed by atoms with Crippen LogP contribution in [0.15, 0.2) is 42.0 Å². The summed E-state index contributed by atoms with van der Waals surface area (Å²) in [7, 11) is -3.57. The van der Waals surface area contributed by atoms with Gasteiger partial charge in [-0.15, -0.1) is 0 Å². The topological polar surface area (TPSA) is 63.2 Å². The van der Waals surface area contributed by atoms with E-state index in [-0.39, 0.29) is 6.54 Å². The third-order valence-electron chi connectivity index (χ3n) is 2.23. The number of allylic oxidation sites excluding steroid dienone is 1. The van der Waals surface area contributed by atoms with Gasteiger partial charge in [-0.05, 0) is 13.8 Å². The first kappa shape index (κ1) is 14.6. The summed E-state index contributed by atoms with van der Waals surface area (Å²) in [5.74, 6) is -0.923. The van der Waals surface area contributed by atoms with E-state index in [1.165, 1.54) is 0 Å². The fraction of sp³-hybridized carbons (Fsp3) is 0.308. The van der Waals surface area contributed by atoms with Crippen molar-refractivity contribution in [1.82, 2.24) is 4.72 Å². The van der Waals surface area contributed by atoms with Crippen LogP contribution in [0.4, 0.5) is 0 Å². The molecular weight excluding hydrogens is 250 g/mol. The Bertz CT molecular complexity index is 529. The van der Waals surface area contributed by atoms with Gasteiger partial charge in [0.15, 0.2) is 5.78 Å². The molecule has 0 atom stereocenters. The normalized spacial score (nSPS) is 11.0. The van der Waals surface area contributed by atoms with Crippen LogP contribution < -0.4 is 4.72 Å². The highest BCUT2D eigenvalue weighted by atomic mass is 32.2. The first-order valence-corrected chi connectivity index (χ1v) is 7.25. The summed E-state index contributed by atoms with van der Waals surface area (Å²) < 4.78 is 25.6. The second-order valence-electron chi connectivity index (χ2n) is 4.18. The zero-order valence-electron chi connectivity index (χ0n) is 10.5. The highest BCUT2D eigenvalue weighted by Crippen LogP contribution is 2.02. The minimum atomic E-state index is -3.57. The van der Waals surface area contributed by atoms with Gasteiger partial charge >= 0.3 is 0 Å². The van der Waals surface area contributed by atoms with Crippen LogP contribution in [0.2, 0.25) is 0 Å². The smallest absolute Gasteiger partial charge is 0.219 e. The van der Waals surface area contributed by atoms with E-state index >= 15 is 0 Å². The maximum Gasteiger partial charge on any atom is 0.219 e. The van der Waals surface area contributed by atoms with E-state index in [0.717, 1.165) is 5.57 Å². The molecule has 0 fully saturated rings. The van der Waals surface area contributed by atoms with Crippen molar-refractivity contribution >= 4 is 15.8 Å². The van der Waals surface area contributed by atoms with E-state index in [1.807, 2.05) is 13.8 Å². The molecule has 1 aromatic rings. The quantitative estimate of drug-likeness (QED) is 0.631. The number of rotatable bonds is 6. The van der Waals surface area contributed by atoms with Crippen molar-refractivity contribution in [3.05, 3.63) is 47.5 Å². The molecule has 0 radical (unpaired) electrons. The molecule has 0 saturated heterocycles. The SMILES string of the molecule is CC(C)=CCNS(=O)(=O)CC(=O)c1ccccc1. The molecular formula is C13H17NO3S. The molecule has 1 rings (SSSR count). The lowest BCUT2D eigenvalue weighted by Crippen LogP contribution is -2.30. The van der Waals surface area contributed by atoms with Crippen molar-refractivity contribution in [3.8, 4) is 0 Å². The number of carbonyl (C=O) groups excluding carboxylic acids is 1. The van der Waals surface area contributed by atoms with Gasteiger partial charge in [0.05, 0.1) is 0 Å². The van der Waals surface area contributed by atoms with Gasteiger partial charge in [-0.3, -0.25) is 4.79 Å². The summed E-state index contributed by atoms with van der Waals surface area (Å²) in [6, 6.07) is 8.40. The van der Waals surface area contributed by atoms with Crippen molar-refractivity contribution < 1.29 is 13.2 Å². The number of nitrogens with one attached hydrogen (secondary N) is 1. The fourth-order valence-corrected chi connectivity index (χ4v) is 2.25. The van der Waals surface area contributed by atoms with Gasteiger partial charge in [0.2, 0.25) is 10.0 Å². The predicted molar refractivity (Wildman–Crippen MR) is 72.0 cm³/mol. The molecule has 98 valence electrons. The van der Waals surface area contributed by atoms with Crippen LogP contribution in [0, 0.1) is 0 Å². The molecule has 18 heavy (non-hydrogen) atoms. The van der Waals surface area contributed by atoms with E-state index in [4.69, 9.17) is 0 Å². The third-order valence-corrected chi connectivity index (χ3v) is 3.48. The zero-order chi connectivity index (χ0) is 13.6. The Morgan fingerprint density at radius 1 is 1.22 bits per heavy atom. The number of Topliss-reactive ketones (excluding diaryl/α,β-unsaturated/α-hetero) is 1. The van der Waals surface area contributed by atoms with E-state index in [2.05, 4.69) is 4.72 Å². The average molecular weight is 267 g/mol. The van der Waals surface area contributed by atoms with Gasteiger partial charge in [0.25, 0.3) is 0 Å². The van der Waals surface area contributed by atoms with Gasteiger partial charge in [0.1, 0.15) is 5.75 Å². The van der Waals surface area contributed by atoms with Gasteiger partial charge in [0, 0.05) is 12.1 Å². The molecule has 0 unspecified atom stereocenters. The molecule has 4 nitrogen and oxygen atoms in total. The highest BCUT2D eigenvalue weighted by Gasteiger charge is 2.16. The van der Waals surface area contributed by atoms with Crippen LogP contribution in [0.5, 0.6) is 0 Å². The molecule has 0 aliphatic rings. The lowest BCUT2D eigenvalue weighted by molar-refractivity contribution is 0.102. The van der Waals surface area contributed by atoms with Crippen molar-refractivity contribution in [2.75, 3.05) is 12.3 Å². The van der Waals surface area contributed by atoms with E-state index in [0.29, 0.717) is 5.56 Å². The number of sulfonamides is 1. The summed E-state index contributed by atoms with van der Waals surface area (Å²) >= 11 is 0. The van der Waals surface area contributed by atoms with Crippen molar-refractivity contribution in [2.24, 2.45) is 0 Å². The Labute approximate surface area is 108 Å². The Kier molecular flexibility index (Phi) is 5.25. The Hall–Kier alpha value is -1.46. The van der Waals surface area contributed by atoms with Crippen LogP contribution in [0.3, 0.4) is 0 Å². The molecule has 0 amide bonds. The Balaban J connectivity index is 2.61. The third kappa shape index (κ3) is 5.25. The Morgan fingerprint density at radius 2 is 1.83 bits per heavy atom. The maximum absolute atomic E-state index is 11.7. The molecule has 0 aliphatic carbocycles. The number of hydrogen-bond acceptors (Lipinski definition) is 3. The standard InChI is InChI=1S/C13H17NO3S/c1-11(2)8-9-14-18(16,17)10-13(15)12-6-4-3-5-7-12/h3-8,14H,9-10H2,1-2H3. The Morgan fingerprint density at radius 3 is 2.39 bits per heavy atom. The number of ketones is 1. The molecule has 0 spiro atoms. The molecule has 0 aromatic heterocycles. The first-order valence-electron chi connectivity index (χ1n) is 5.59. The van der Waals surface area contributed by atoms with Crippen molar-refractivity contribution in [1.29, 1.82) is 0 Å². The zero-order valence-corrected chi connectivity index (χ0v) is 11.3. The largest absolute Gasteiger partial charge is 0.293 e. The van der Waals surface area contributed by atoms with Crippen LogP contribution in [0.1, 0.15) is 24.2 Å². The van der Waals surface area contributed by atoms with Crippen LogP contribution >= 0.6 is 0 Å². The molecule has 1 aromatic carbocycles. The van der Waals surface area contributed by atoms with E-state index in [1.54, 1.807) is 36.4 Å². The minimum Gasteiger partial charge on any atom is -0.293 e. The lowest BCUT2D eigenvalue weighted by atomic mass is 10.2. The number of carbonyl (C=O) groups is 1. The summed E-state index contributed by atoms with van der Waals surface area (Å²) in [5, 5.41) is 0. The summed E-state index contributed by atoms with van der Waals surface area (Å²) in [6.45, 7) is 3.97. The molecule has 0 aliphatic heterocycles. The average Bonchev–Trinajstić information content (AvgIpc) is 2.28. The fourth-order valence-electron chi connectivity index (χ4n) is 1.30. The summed E-state index contributed by atoms with van der Waals surface area (Å²) in [4.78, 5) is 11.7. The van der Waals surface area contributed by atoms with E-state index in [9.17, 15) is 13.2 Å². The predicted octanol–water partition coefficient (Wildman–Crippen LogP) is 1.75. The molecule has 0 bridgehead atoms. The van der Waals surface area contributed by atoms with Gasteiger partial charge in [-0.2, -0.15) is 0 Å². The maximum atomic E-state index is 11.7. The monoisotopic (exact) mass is 267 g/mol. The summed E-state index contributed by atoms with van der Waals surface area (Å²) in [6.07, 6.45) is 1.75. The van der Waals surface area contributed by atoms with Crippen molar-refractivity contribution in [2.45, 2.75) is 13.8 Å². The van der Waals surface area contributed by atoms with Crippen LogP contribution in [0.25, 0.3) is 0 Å². The number of benzene rings is 1. The highest BCUT2D eigenvalue weighted by molar-refractivity contribution is 7.90. The minimum absolute atomic E-state index is 0.215. The molecule has 5 heteroatoms. The van der Waals surface area contributed by atoms with Crippen LogP contribution in [-0.2, 0) is 10.0 Å². The first-order chi connectivity index (χ1) is 8.41. The van der Waals surface area contributed by atoms with Gasteiger partial charge in [-0.25, -0.2) is 13.1 Å². The van der Waals surface area contributed by atoms with Gasteiger partial charge < -0.3 is 0 Å². The molecule has 0 saturated carbocycles. The van der Waals surface area contributed by atoms with Crippen LogP contribution in [-0.4, -0.2) is 26.5 Å². The number of hydrogen-bond donors (Lipinski definition) is 1. The second kappa shape index (κ2) is 6.47.